The quantitative estimate of drug-likeness (QED) is 0.943. The van der Waals surface area contributed by atoms with Gasteiger partial charge in [-0.3, -0.25) is 0 Å². The lowest BCUT2D eigenvalue weighted by atomic mass is 10.00. The number of aromatic nitrogens is 2. The van der Waals surface area contributed by atoms with E-state index in [1.807, 2.05) is 24.3 Å². The third-order valence-electron chi connectivity index (χ3n) is 3.42. The first-order chi connectivity index (χ1) is 9.36. The first kappa shape index (κ1) is 14.8. The summed E-state index contributed by atoms with van der Waals surface area (Å²) in [6.07, 6.45) is 2.26. The number of halogens is 1. The number of benzene rings is 1. The highest BCUT2D eigenvalue weighted by atomic mass is 35.5. The minimum atomic E-state index is 0. The Bertz CT molecular complexity index is 553. The first-order valence-electron chi connectivity index (χ1n) is 6.55. The van der Waals surface area contributed by atoms with E-state index >= 15 is 0 Å². The first-order valence-corrected chi connectivity index (χ1v) is 6.55. The van der Waals surface area contributed by atoms with Gasteiger partial charge in [-0.25, -0.2) is 0 Å². The van der Waals surface area contributed by atoms with Crippen molar-refractivity contribution in [3.8, 4) is 17.1 Å². The van der Waals surface area contributed by atoms with Crippen LogP contribution in [0.4, 0.5) is 0 Å². The van der Waals surface area contributed by atoms with Crippen molar-refractivity contribution in [2.75, 3.05) is 20.2 Å². The van der Waals surface area contributed by atoms with Crippen LogP contribution in [0.15, 0.2) is 28.8 Å². The van der Waals surface area contributed by atoms with E-state index in [2.05, 4.69) is 15.5 Å². The van der Waals surface area contributed by atoms with Gasteiger partial charge in [0.1, 0.15) is 5.75 Å². The number of rotatable bonds is 3. The maximum absolute atomic E-state index is 5.39. The van der Waals surface area contributed by atoms with Crippen LogP contribution in [0.25, 0.3) is 11.4 Å². The molecule has 0 bridgehead atoms. The van der Waals surface area contributed by atoms with Gasteiger partial charge < -0.3 is 14.6 Å². The highest BCUT2D eigenvalue weighted by Gasteiger charge is 2.21. The fraction of sp³-hybridized carbons (Fsp3) is 0.429. The number of ether oxygens (including phenoxy) is 1. The van der Waals surface area contributed by atoms with E-state index < -0.39 is 0 Å². The molecule has 1 aromatic carbocycles. The Labute approximate surface area is 124 Å². The molecule has 1 saturated heterocycles. The lowest BCUT2D eigenvalue weighted by Crippen LogP contribution is -2.28. The van der Waals surface area contributed by atoms with Crippen molar-refractivity contribution in [1.29, 1.82) is 0 Å². The summed E-state index contributed by atoms with van der Waals surface area (Å²) in [5, 5.41) is 7.42. The Hall–Kier alpha value is -1.59. The van der Waals surface area contributed by atoms with Crippen LogP contribution in [-0.2, 0) is 0 Å². The summed E-state index contributed by atoms with van der Waals surface area (Å²) in [6.45, 7) is 1.99. The predicted molar refractivity (Wildman–Crippen MR) is 78.4 cm³/mol. The topological polar surface area (TPSA) is 60.2 Å². The molecule has 1 aliphatic heterocycles. The zero-order valence-electron chi connectivity index (χ0n) is 11.3. The van der Waals surface area contributed by atoms with Gasteiger partial charge in [-0.15, -0.1) is 12.4 Å². The second kappa shape index (κ2) is 6.72. The summed E-state index contributed by atoms with van der Waals surface area (Å²) < 4.78 is 10.6. The van der Waals surface area contributed by atoms with Crippen LogP contribution in [0.3, 0.4) is 0 Å². The summed E-state index contributed by atoms with van der Waals surface area (Å²) in [7, 11) is 1.65. The van der Waals surface area contributed by atoms with Crippen LogP contribution in [0, 0.1) is 0 Å². The highest BCUT2D eigenvalue weighted by molar-refractivity contribution is 5.85. The average molecular weight is 296 g/mol. The zero-order chi connectivity index (χ0) is 13.1. The molecule has 5 nitrogen and oxygen atoms in total. The summed E-state index contributed by atoms with van der Waals surface area (Å²) in [5.41, 5.74) is 0.915. The van der Waals surface area contributed by atoms with E-state index in [0.717, 1.165) is 43.1 Å². The van der Waals surface area contributed by atoms with E-state index in [9.17, 15) is 0 Å². The average Bonchev–Trinajstić information content (AvgIpc) is 2.98. The molecule has 3 rings (SSSR count). The molecule has 0 aliphatic carbocycles. The smallest absolute Gasteiger partial charge is 0.231 e. The molecular formula is C14H18ClN3O2. The summed E-state index contributed by atoms with van der Waals surface area (Å²) >= 11 is 0. The van der Waals surface area contributed by atoms with Gasteiger partial charge in [-0.05, 0) is 31.5 Å². The van der Waals surface area contributed by atoms with Crippen LogP contribution in [0.1, 0.15) is 24.7 Å². The van der Waals surface area contributed by atoms with Crippen molar-refractivity contribution in [1.82, 2.24) is 15.5 Å². The van der Waals surface area contributed by atoms with E-state index in [4.69, 9.17) is 9.26 Å². The molecule has 0 amide bonds. The van der Waals surface area contributed by atoms with Crippen molar-refractivity contribution >= 4 is 12.4 Å². The van der Waals surface area contributed by atoms with Crippen LogP contribution < -0.4 is 10.1 Å². The third kappa shape index (κ3) is 3.11. The molecule has 0 spiro atoms. The fourth-order valence-corrected chi connectivity index (χ4v) is 2.34. The number of piperidine rings is 1. The summed E-state index contributed by atoms with van der Waals surface area (Å²) in [5.74, 6) is 2.48. The summed E-state index contributed by atoms with van der Waals surface area (Å²) in [6, 6.07) is 7.69. The van der Waals surface area contributed by atoms with E-state index in [0.29, 0.717) is 11.7 Å². The van der Waals surface area contributed by atoms with Crippen molar-refractivity contribution in [3.63, 3.8) is 0 Å². The van der Waals surface area contributed by atoms with Gasteiger partial charge in [-0.1, -0.05) is 17.3 Å². The van der Waals surface area contributed by atoms with Crippen molar-refractivity contribution < 1.29 is 9.26 Å². The van der Waals surface area contributed by atoms with Gasteiger partial charge >= 0.3 is 0 Å². The number of hydrogen-bond acceptors (Lipinski definition) is 5. The molecule has 1 unspecified atom stereocenters. The molecule has 1 fully saturated rings. The second-order valence-electron chi connectivity index (χ2n) is 4.73. The van der Waals surface area contributed by atoms with Crippen LogP contribution in [0.5, 0.6) is 5.75 Å². The van der Waals surface area contributed by atoms with Crippen LogP contribution in [0.2, 0.25) is 0 Å². The molecular weight excluding hydrogens is 278 g/mol. The molecule has 2 aromatic rings. The maximum Gasteiger partial charge on any atom is 0.231 e. The normalized spacial score (nSPS) is 18.4. The van der Waals surface area contributed by atoms with Crippen molar-refractivity contribution in [3.05, 3.63) is 30.2 Å². The predicted octanol–water partition coefficient (Wildman–Crippen LogP) is 2.63. The minimum Gasteiger partial charge on any atom is -0.497 e. The second-order valence-corrected chi connectivity index (χ2v) is 4.73. The molecule has 2 heterocycles. The van der Waals surface area contributed by atoms with Gasteiger partial charge in [0, 0.05) is 12.1 Å². The fourth-order valence-electron chi connectivity index (χ4n) is 2.34. The molecule has 0 saturated carbocycles. The monoisotopic (exact) mass is 295 g/mol. The lowest BCUT2D eigenvalue weighted by molar-refractivity contribution is 0.322. The molecule has 6 heteroatoms. The Balaban J connectivity index is 0.00000147. The molecule has 1 aromatic heterocycles. The van der Waals surface area contributed by atoms with E-state index in [-0.39, 0.29) is 12.4 Å². The minimum absolute atomic E-state index is 0. The molecule has 108 valence electrons. The Morgan fingerprint density at radius 3 is 3.05 bits per heavy atom. The largest absolute Gasteiger partial charge is 0.497 e. The van der Waals surface area contributed by atoms with Gasteiger partial charge in [0.2, 0.25) is 11.7 Å². The van der Waals surface area contributed by atoms with E-state index in [1.165, 1.54) is 0 Å². The van der Waals surface area contributed by atoms with E-state index in [1.54, 1.807) is 7.11 Å². The molecule has 1 aliphatic rings. The summed E-state index contributed by atoms with van der Waals surface area (Å²) in [4.78, 5) is 4.51. The highest BCUT2D eigenvalue weighted by Crippen LogP contribution is 2.26. The molecule has 1 N–H and O–H groups in total. The Kier molecular flexibility index (Phi) is 4.98. The Morgan fingerprint density at radius 1 is 1.40 bits per heavy atom. The standard InChI is InChI=1S/C14H17N3O2.ClH/c1-18-12-6-2-4-10(8-12)13-16-14(19-17-13)11-5-3-7-15-9-11;/h2,4,6,8,11,15H,3,5,7,9H2,1H3;1H. The molecule has 1 atom stereocenters. The van der Waals surface area contributed by atoms with Crippen LogP contribution >= 0.6 is 12.4 Å². The van der Waals surface area contributed by atoms with Crippen molar-refractivity contribution in [2.45, 2.75) is 18.8 Å². The zero-order valence-corrected chi connectivity index (χ0v) is 12.2. The number of nitrogens with zero attached hydrogens (tertiary/aromatic N) is 2. The number of methoxy groups -OCH3 is 1. The third-order valence-corrected chi connectivity index (χ3v) is 3.42. The van der Waals surface area contributed by atoms with Crippen LogP contribution in [-0.4, -0.2) is 30.3 Å². The van der Waals surface area contributed by atoms with Gasteiger partial charge in [0.05, 0.1) is 13.0 Å². The van der Waals surface area contributed by atoms with Gasteiger partial charge in [0.15, 0.2) is 0 Å². The molecule has 0 radical (unpaired) electrons. The lowest BCUT2D eigenvalue weighted by Gasteiger charge is -2.18. The van der Waals surface area contributed by atoms with Crippen molar-refractivity contribution in [2.24, 2.45) is 0 Å². The SMILES string of the molecule is COc1cccc(-c2noc(C3CCCNC3)n2)c1.Cl. The maximum atomic E-state index is 5.39. The Morgan fingerprint density at radius 2 is 2.30 bits per heavy atom. The van der Waals surface area contributed by atoms with Gasteiger partial charge in [-0.2, -0.15) is 4.98 Å². The van der Waals surface area contributed by atoms with Gasteiger partial charge in [0.25, 0.3) is 0 Å². The number of nitrogens with one attached hydrogen (secondary N) is 1. The molecule has 20 heavy (non-hydrogen) atoms. The number of hydrogen-bond donors (Lipinski definition) is 1.